The van der Waals surface area contributed by atoms with Gasteiger partial charge in [-0.05, 0) is 56.1 Å². The minimum Gasteiger partial charge on any atom is -0.479 e. The van der Waals surface area contributed by atoms with Crippen molar-refractivity contribution >= 4 is 29.4 Å². The van der Waals surface area contributed by atoms with Gasteiger partial charge in [0.15, 0.2) is 18.5 Å². The molecule has 42 heavy (non-hydrogen) atoms. The monoisotopic (exact) mass is 589 g/mol. The first-order valence-corrected chi connectivity index (χ1v) is 14.7. The number of carbonyl (C=O) groups is 5. The van der Waals surface area contributed by atoms with E-state index < -0.39 is 64.3 Å². The van der Waals surface area contributed by atoms with Crippen molar-refractivity contribution in [1.29, 1.82) is 0 Å². The van der Waals surface area contributed by atoms with E-state index in [1.807, 2.05) is 13.0 Å². The molecule has 5 N–H and O–H groups in total. The molecule has 11 heteroatoms. The number of hydrogen-bond donors (Lipinski definition) is 5. The third-order valence-corrected chi connectivity index (χ3v) is 10.7. The number of nitrogens with one attached hydrogen (secondary N) is 1. The molecule has 4 aliphatic rings. The van der Waals surface area contributed by atoms with Crippen molar-refractivity contribution in [3.8, 4) is 0 Å². The lowest BCUT2D eigenvalue weighted by Gasteiger charge is -2.59. The molecule has 0 aromatic heterocycles. The van der Waals surface area contributed by atoms with Crippen molar-refractivity contribution in [2.75, 3.05) is 13.2 Å². The van der Waals surface area contributed by atoms with Crippen LogP contribution in [0.2, 0.25) is 0 Å². The molecular weight excluding hydrogens is 546 g/mol. The van der Waals surface area contributed by atoms with Crippen LogP contribution in [0, 0.1) is 34.0 Å². The summed E-state index contributed by atoms with van der Waals surface area (Å²) in [5, 5.41) is 44.4. The van der Waals surface area contributed by atoms with E-state index in [-0.39, 0.29) is 55.8 Å². The van der Waals surface area contributed by atoms with E-state index >= 15 is 0 Å². The van der Waals surface area contributed by atoms with Crippen molar-refractivity contribution in [3.63, 3.8) is 0 Å². The van der Waals surface area contributed by atoms with Gasteiger partial charge in [-0.1, -0.05) is 39.3 Å². The summed E-state index contributed by atoms with van der Waals surface area (Å²) < 4.78 is 5.14. The number of aliphatic hydroxyl groups is 3. The summed E-state index contributed by atoms with van der Waals surface area (Å²) in [5.41, 5.74) is -3.28. The number of aliphatic hydroxyl groups excluding tert-OH is 2. The third kappa shape index (κ3) is 5.46. The van der Waals surface area contributed by atoms with Gasteiger partial charge in [0.2, 0.25) is 11.7 Å². The Morgan fingerprint density at radius 1 is 1.17 bits per heavy atom. The van der Waals surface area contributed by atoms with Gasteiger partial charge in [-0.15, -0.1) is 0 Å². The molecule has 1 amide bonds. The summed E-state index contributed by atoms with van der Waals surface area (Å²) in [5.74, 6) is -3.57. The lowest BCUT2D eigenvalue weighted by molar-refractivity contribution is -0.181. The summed E-state index contributed by atoms with van der Waals surface area (Å²) in [7, 11) is 0. The molecular formula is C31H43NO10. The number of fused-ring (bicyclic) bond motifs is 5. The van der Waals surface area contributed by atoms with Gasteiger partial charge in [0.05, 0.1) is 12.5 Å². The number of ether oxygens (including phenoxy) is 1. The number of carbonyl (C=O) groups excluding carboxylic acids is 4. The molecule has 0 heterocycles. The molecule has 0 unspecified atom stereocenters. The van der Waals surface area contributed by atoms with E-state index in [1.54, 1.807) is 12.2 Å². The van der Waals surface area contributed by atoms with Crippen LogP contribution in [0.3, 0.4) is 0 Å². The van der Waals surface area contributed by atoms with E-state index in [9.17, 15) is 39.3 Å². The fourth-order valence-corrected chi connectivity index (χ4v) is 8.19. The molecule has 0 saturated heterocycles. The van der Waals surface area contributed by atoms with Crippen molar-refractivity contribution in [2.24, 2.45) is 34.0 Å². The Balaban J connectivity index is 1.33. The Morgan fingerprint density at radius 2 is 1.86 bits per heavy atom. The van der Waals surface area contributed by atoms with Gasteiger partial charge in [0.25, 0.3) is 0 Å². The highest BCUT2D eigenvalue weighted by molar-refractivity contribution is 6.01. The Bertz CT molecular complexity index is 1220. The molecule has 4 aliphatic carbocycles. The zero-order chi connectivity index (χ0) is 31.3. The molecule has 11 nitrogen and oxygen atoms in total. The molecule has 0 aliphatic heterocycles. The number of aliphatic carboxylic acids is 1. The maximum atomic E-state index is 13.4. The predicted molar refractivity (Wildman–Crippen MR) is 149 cm³/mol. The van der Waals surface area contributed by atoms with Crippen molar-refractivity contribution in [3.05, 3.63) is 23.8 Å². The van der Waals surface area contributed by atoms with E-state index in [1.165, 1.54) is 13.8 Å². The number of esters is 1. The Morgan fingerprint density at radius 3 is 2.52 bits per heavy atom. The fraction of sp³-hybridized carbons (Fsp3) is 0.710. The Kier molecular flexibility index (Phi) is 8.63. The summed E-state index contributed by atoms with van der Waals surface area (Å²) in [6.07, 6.45) is 4.50. The van der Waals surface area contributed by atoms with Crippen LogP contribution < -0.4 is 5.32 Å². The van der Waals surface area contributed by atoms with E-state index in [0.717, 1.165) is 12.0 Å². The number of rotatable bonds is 10. The van der Waals surface area contributed by atoms with Crippen LogP contribution >= 0.6 is 0 Å². The Labute approximate surface area is 245 Å². The highest BCUT2D eigenvalue weighted by Crippen LogP contribution is 2.67. The van der Waals surface area contributed by atoms with E-state index in [2.05, 4.69) is 12.2 Å². The molecule has 8 atom stereocenters. The molecule has 0 radical (unpaired) electrons. The summed E-state index contributed by atoms with van der Waals surface area (Å²) in [4.78, 5) is 60.9. The fourth-order valence-electron chi connectivity index (χ4n) is 8.19. The number of carboxylic acid groups (broad SMARTS) is 1. The highest BCUT2D eigenvalue weighted by Gasteiger charge is 2.68. The van der Waals surface area contributed by atoms with Crippen molar-refractivity contribution < 1.29 is 49.1 Å². The maximum absolute atomic E-state index is 13.4. The largest absolute Gasteiger partial charge is 0.479 e. The average molecular weight is 590 g/mol. The number of Topliss-reactive ketones (excluding diaryl/α,β-unsaturated/α-hetero) is 1. The predicted octanol–water partition coefficient (Wildman–Crippen LogP) is 1.48. The maximum Gasteiger partial charge on any atom is 0.333 e. The second-order valence-electron chi connectivity index (χ2n) is 13.7. The topological polar surface area (TPSA) is 188 Å². The molecule has 0 bridgehead atoms. The SMILES string of the molecule is CC(C)(CNC(=O)CCC(=O)OCC(=O)[C@]1(O)CC[C@@H]2[C@@H]3CCC4=CC(=O)C=C[C@]4(C)[C@@H]3[C@H](O)C[C@@]21C)[C@H](O)C(=O)O. The standard InChI is InChI=1S/C31H43NO10/c1-28(2,26(38)27(39)40)16-32-23(36)7-8-24(37)42-15-22(35)31(41)12-10-20-19-6-5-17-13-18(33)9-11-29(17,3)25(19)21(34)14-30(20,31)4/h9,11,13,19-21,25-26,34,38,41H,5-8,10,12,14-16H2,1-4H3,(H,32,36)(H,39,40)/t19-,20+,21+,25-,26+,29-,30-,31+/m0/s1. The van der Waals surface area contributed by atoms with E-state index in [4.69, 9.17) is 9.84 Å². The zero-order valence-electron chi connectivity index (χ0n) is 24.7. The normalized spacial score (nSPS) is 36.2. The molecule has 0 aromatic carbocycles. The number of ketones is 2. The quantitative estimate of drug-likeness (QED) is 0.234. The van der Waals surface area contributed by atoms with Gasteiger partial charge < -0.3 is 30.5 Å². The lowest BCUT2D eigenvalue weighted by Crippen LogP contribution is -2.61. The van der Waals surface area contributed by atoms with Gasteiger partial charge in [-0.25, -0.2) is 4.79 Å². The number of amides is 1. The van der Waals surface area contributed by atoms with Gasteiger partial charge >= 0.3 is 11.9 Å². The molecule has 3 fully saturated rings. The number of carboxylic acids is 1. The summed E-state index contributed by atoms with van der Waals surface area (Å²) in [6.45, 7) is 6.07. The molecule has 4 rings (SSSR count). The minimum absolute atomic E-state index is 0.0347. The zero-order valence-corrected chi connectivity index (χ0v) is 24.7. The first-order chi connectivity index (χ1) is 19.5. The van der Waals surface area contributed by atoms with Crippen molar-refractivity contribution in [2.45, 2.75) is 90.4 Å². The van der Waals surface area contributed by atoms with Gasteiger partial charge in [-0.2, -0.15) is 0 Å². The van der Waals surface area contributed by atoms with Gasteiger partial charge in [0, 0.05) is 35.1 Å². The second-order valence-corrected chi connectivity index (χ2v) is 13.7. The van der Waals surface area contributed by atoms with Gasteiger partial charge in [0.1, 0.15) is 5.60 Å². The molecule has 232 valence electrons. The smallest absolute Gasteiger partial charge is 0.333 e. The molecule has 3 saturated carbocycles. The number of allylic oxidation sites excluding steroid dienone is 4. The highest BCUT2D eigenvalue weighted by atomic mass is 16.5. The van der Waals surface area contributed by atoms with Crippen molar-refractivity contribution in [1.82, 2.24) is 5.32 Å². The van der Waals surface area contributed by atoms with Crippen LogP contribution in [-0.2, 0) is 28.7 Å². The average Bonchev–Trinajstić information content (AvgIpc) is 3.19. The van der Waals surface area contributed by atoms with Crippen LogP contribution in [0.25, 0.3) is 0 Å². The molecule has 0 spiro atoms. The van der Waals surface area contributed by atoms with E-state index in [0.29, 0.717) is 12.8 Å². The van der Waals surface area contributed by atoms with Crippen LogP contribution in [-0.4, -0.2) is 80.8 Å². The minimum atomic E-state index is -1.78. The first kappa shape index (κ1) is 32.0. The molecule has 0 aromatic rings. The van der Waals surface area contributed by atoms with Crippen LogP contribution in [0.4, 0.5) is 0 Å². The second kappa shape index (κ2) is 11.3. The summed E-state index contributed by atoms with van der Waals surface area (Å²) in [6, 6.07) is 0. The van der Waals surface area contributed by atoms with Crippen LogP contribution in [0.15, 0.2) is 23.8 Å². The third-order valence-electron chi connectivity index (χ3n) is 10.7. The van der Waals surface area contributed by atoms with Gasteiger partial charge in [-0.3, -0.25) is 19.2 Å². The van der Waals surface area contributed by atoms with Crippen LogP contribution in [0.5, 0.6) is 0 Å². The number of hydrogen-bond acceptors (Lipinski definition) is 9. The first-order valence-electron chi connectivity index (χ1n) is 14.7. The summed E-state index contributed by atoms with van der Waals surface area (Å²) >= 11 is 0. The lowest BCUT2D eigenvalue weighted by atomic mass is 9.46. The Hall–Kier alpha value is -2.89. The van der Waals surface area contributed by atoms with Crippen LogP contribution in [0.1, 0.15) is 72.6 Å².